The van der Waals surface area contributed by atoms with Crippen molar-refractivity contribution in [1.82, 2.24) is 14.5 Å². The van der Waals surface area contributed by atoms with Crippen molar-refractivity contribution < 1.29 is 18.7 Å². The minimum absolute atomic E-state index is 0.0631. The minimum Gasteiger partial charge on any atom is -0.489 e. The maximum Gasteiger partial charge on any atom is 0.267 e. The quantitative estimate of drug-likeness (QED) is 0.807. The van der Waals surface area contributed by atoms with E-state index in [9.17, 15) is 14.0 Å². The number of amides is 1. The summed E-state index contributed by atoms with van der Waals surface area (Å²) in [6.45, 7) is 2.98. The number of likely N-dealkylation sites (tertiary alicyclic amines) is 1. The number of aromatic nitrogens is 2. The van der Waals surface area contributed by atoms with Crippen molar-refractivity contribution in [2.24, 2.45) is 5.92 Å². The van der Waals surface area contributed by atoms with Crippen molar-refractivity contribution >= 4 is 23.2 Å². The molecule has 0 N–H and O–H groups in total. The van der Waals surface area contributed by atoms with Crippen molar-refractivity contribution in [3.05, 3.63) is 40.2 Å². The first-order valence-corrected chi connectivity index (χ1v) is 9.38. The molecule has 1 saturated heterocycles. The van der Waals surface area contributed by atoms with Crippen molar-refractivity contribution in [1.29, 1.82) is 0 Å². The highest BCUT2D eigenvalue weighted by Crippen LogP contribution is 2.34. The second kappa shape index (κ2) is 6.75. The Morgan fingerprint density at radius 1 is 1.42 bits per heavy atom. The average Bonchev–Trinajstić information content (AvgIpc) is 3.07. The van der Waals surface area contributed by atoms with Gasteiger partial charge in [-0.15, -0.1) is 5.10 Å². The Morgan fingerprint density at radius 3 is 3.04 bits per heavy atom. The van der Waals surface area contributed by atoms with Gasteiger partial charge in [-0.1, -0.05) is 4.49 Å². The number of hydrogen-bond donors (Lipinski definition) is 0. The average molecular weight is 375 g/mol. The SMILES string of the molecule is Cc1nnsc1C(=O)N1CCCC(C2CC(=O)c3cc(F)ccc3O2)C1. The van der Waals surface area contributed by atoms with Gasteiger partial charge in [-0.2, -0.15) is 0 Å². The van der Waals surface area contributed by atoms with Crippen LogP contribution < -0.4 is 4.74 Å². The molecule has 4 rings (SSSR count). The van der Waals surface area contributed by atoms with E-state index in [-0.39, 0.29) is 30.1 Å². The van der Waals surface area contributed by atoms with E-state index in [4.69, 9.17) is 4.74 Å². The fourth-order valence-electron chi connectivity index (χ4n) is 3.65. The first-order valence-electron chi connectivity index (χ1n) is 8.60. The summed E-state index contributed by atoms with van der Waals surface area (Å²) in [5.74, 6) is -0.120. The van der Waals surface area contributed by atoms with E-state index in [0.717, 1.165) is 24.4 Å². The Kier molecular flexibility index (Phi) is 4.44. The Balaban J connectivity index is 1.50. The second-order valence-corrected chi connectivity index (χ2v) is 7.52. The van der Waals surface area contributed by atoms with Gasteiger partial charge in [0.15, 0.2) is 5.78 Å². The Hall–Kier alpha value is -2.35. The van der Waals surface area contributed by atoms with Gasteiger partial charge in [0.05, 0.1) is 11.3 Å². The predicted molar refractivity (Wildman–Crippen MR) is 93.0 cm³/mol. The minimum atomic E-state index is -0.442. The summed E-state index contributed by atoms with van der Waals surface area (Å²) in [5, 5.41) is 3.90. The molecule has 2 aliphatic heterocycles. The molecule has 136 valence electrons. The number of ketones is 1. The van der Waals surface area contributed by atoms with Crippen LogP contribution in [0.4, 0.5) is 4.39 Å². The molecule has 1 aromatic carbocycles. The maximum absolute atomic E-state index is 13.4. The smallest absolute Gasteiger partial charge is 0.267 e. The first-order chi connectivity index (χ1) is 12.5. The van der Waals surface area contributed by atoms with E-state index < -0.39 is 5.82 Å². The topological polar surface area (TPSA) is 72.4 Å². The zero-order valence-electron chi connectivity index (χ0n) is 14.3. The van der Waals surface area contributed by atoms with E-state index in [2.05, 4.69) is 9.59 Å². The Labute approximate surface area is 154 Å². The molecule has 26 heavy (non-hydrogen) atoms. The van der Waals surface area contributed by atoms with Crippen LogP contribution >= 0.6 is 11.5 Å². The molecule has 0 bridgehead atoms. The Morgan fingerprint density at radius 2 is 2.27 bits per heavy atom. The molecule has 0 aliphatic carbocycles. The van der Waals surface area contributed by atoms with Crippen LogP contribution in [0.15, 0.2) is 18.2 Å². The normalized spacial score (nSPS) is 22.7. The van der Waals surface area contributed by atoms with Gasteiger partial charge in [-0.25, -0.2) is 4.39 Å². The summed E-state index contributed by atoms with van der Waals surface area (Å²) in [7, 11) is 0. The number of nitrogens with zero attached hydrogens (tertiary/aromatic N) is 3. The lowest BCUT2D eigenvalue weighted by atomic mass is 9.87. The molecule has 8 heteroatoms. The van der Waals surface area contributed by atoms with E-state index >= 15 is 0 Å². The van der Waals surface area contributed by atoms with Gasteiger partial charge in [0.1, 0.15) is 22.5 Å². The van der Waals surface area contributed by atoms with E-state index in [1.807, 2.05) is 0 Å². The molecule has 2 aliphatic rings. The molecule has 0 spiro atoms. The standard InChI is InChI=1S/C18H18FN3O3S/c1-10-17(26-21-20-10)18(24)22-6-2-3-11(9-22)16-8-14(23)13-7-12(19)4-5-15(13)25-16/h4-5,7,11,16H,2-3,6,8-9H2,1H3. The van der Waals surface area contributed by atoms with E-state index in [0.29, 0.717) is 35.0 Å². The van der Waals surface area contributed by atoms with E-state index in [1.54, 1.807) is 11.8 Å². The lowest BCUT2D eigenvalue weighted by Crippen LogP contribution is -2.46. The van der Waals surface area contributed by atoms with Gasteiger partial charge >= 0.3 is 0 Å². The summed E-state index contributed by atoms with van der Waals surface area (Å²) in [5.41, 5.74) is 0.943. The number of rotatable bonds is 2. The lowest BCUT2D eigenvalue weighted by molar-refractivity contribution is 0.0410. The van der Waals surface area contributed by atoms with Gasteiger partial charge in [0.25, 0.3) is 5.91 Å². The van der Waals surface area contributed by atoms with Crippen LogP contribution in [-0.2, 0) is 0 Å². The van der Waals surface area contributed by atoms with Crippen LogP contribution in [0, 0.1) is 18.7 Å². The number of piperidine rings is 1. The number of Topliss-reactive ketones (excluding diaryl/α,β-unsaturated/α-hetero) is 1. The molecule has 0 radical (unpaired) electrons. The van der Waals surface area contributed by atoms with Crippen LogP contribution in [0.1, 0.15) is 45.0 Å². The van der Waals surface area contributed by atoms with Crippen molar-refractivity contribution in [3.8, 4) is 5.75 Å². The zero-order chi connectivity index (χ0) is 18.3. The zero-order valence-corrected chi connectivity index (χ0v) is 15.1. The number of carbonyl (C=O) groups excluding carboxylic acids is 2. The molecule has 2 unspecified atom stereocenters. The number of benzene rings is 1. The number of hydrogen-bond acceptors (Lipinski definition) is 6. The van der Waals surface area contributed by atoms with Crippen molar-refractivity contribution in [2.45, 2.75) is 32.3 Å². The van der Waals surface area contributed by atoms with Crippen LogP contribution in [0.5, 0.6) is 5.75 Å². The molecule has 0 saturated carbocycles. The third-order valence-corrected chi connectivity index (χ3v) is 5.84. The first kappa shape index (κ1) is 17.1. The monoisotopic (exact) mass is 375 g/mol. The summed E-state index contributed by atoms with van der Waals surface area (Å²) in [4.78, 5) is 27.5. The van der Waals surface area contributed by atoms with Gasteiger partial charge in [-0.05, 0) is 49.5 Å². The van der Waals surface area contributed by atoms with Gasteiger partial charge in [-0.3, -0.25) is 9.59 Å². The van der Waals surface area contributed by atoms with Crippen LogP contribution in [0.25, 0.3) is 0 Å². The number of aryl methyl sites for hydroxylation is 1. The third-order valence-electron chi connectivity index (χ3n) is 5.02. The molecule has 1 aromatic heterocycles. The highest BCUT2D eigenvalue weighted by Gasteiger charge is 2.36. The molecular weight excluding hydrogens is 357 g/mol. The lowest BCUT2D eigenvalue weighted by Gasteiger charge is -2.38. The largest absolute Gasteiger partial charge is 0.489 e. The summed E-state index contributed by atoms with van der Waals surface area (Å²) in [6.07, 6.45) is 1.66. The second-order valence-electron chi connectivity index (χ2n) is 6.77. The fraction of sp³-hybridized carbons (Fsp3) is 0.444. The highest BCUT2D eigenvalue weighted by atomic mass is 32.1. The van der Waals surface area contributed by atoms with Gasteiger partial charge in [0, 0.05) is 25.4 Å². The van der Waals surface area contributed by atoms with Crippen LogP contribution in [0.2, 0.25) is 0 Å². The van der Waals surface area contributed by atoms with Crippen molar-refractivity contribution in [3.63, 3.8) is 0 Å². The predicted octanol–water partition coefficient (Wildman–Crippen LogP) is 2.87. The number of ether oxygens (including phenoxy) is 1. The summed E-state index contributed by atoms with van der Waals surface area (Å²) < 4.78 is 23.2. The molecule has 2 atom stereocenters. The molecule has 2 aromatic rings. The number of halogens is 1. The molecule has 1 amide bonds. The molecule has 3 heterocycles. The fourth-order valence-corrected chi connectivity index (χ4v) is 4.28. The molecule has 1 fully saturated rings. The third kappa shape index (κ3) is 3.09. The number of fused-ring (bicyclic) bond motifs is 1. The van der Waals surface area contributed by atoms with E-state index in [1.165, 1.54) is 18.2 Å². The van der Waals surface area contributed by atoms with Crippen LogP contribution in [-0.4, -0.2) is 45.4 Å². The highest BCUT2D eigenvalue weighted by molar-refractivity contribution is 7.07. The van der Waals surface area contributed by atoms with Crippen LogP contribution in [0.3, 0.4) is 0 Å². The maximum atomic E-state index is 13.4. The van der Waals surface area contributed by atoms with Crippen molar-refractivity contribution in [2.75, 3.05) is 13.1 Å². The number of carbonyl (C=O) groups is 2. The summed E-state index contributed by atoms with van der Waals surface area (Å²) in [6, 6.07) is 4.03. The molecule has 6 nitrogen and oxygen atoms in total. The molecular formula is C18H18FN3O3S. The van der Waals surface area contributed by atoms with Gasteiger partial charge in [0.2, 0.25) is 0 Å². The summed E-state index contributed by atoms with van der Waals surface area (Å²) >= 11 is 1.11. The van der Waals surface area contributed by atoms with Gasteiger partial charge < -0.3 is 9.64 Å². The Bertz CT molecular complexity index is 869.